The molecule has 8 aliphatic heterocycles. The third-order valence-electron chi connectivity index (χ3n) is 21.4. The van der Waals surface area contributed by atoms with Crippen molar-refractivity contribution < 1.29 is 62.9 Å². The predicted octanol–water partition coefficient (Wildman–Crippen LogP) is 12.0. The summed E-state index contributed by atoms with van der Waals surface area (Å²) in [6.45, 7) is 33.0. The Morgan fingerprint density at radius 2 is 0.726 bits per heavy atom. The highest BCUT2D eigenvalue weighted by molar-refractivity contribution is 9.10. The maximum atomic E-state index is 10.5. The van der Waals surface area contributed by atoms with Crippen LogP contribution in [0.25, 0.3) is 0 Å². The molecule has 13 rings (SSSR count). The number of nitrogens with zero attached hydrogens (tertiary/aromatic N) is 11. The molecule has 33 heteroatoms. The van der Waals surface area contributed by atoms with Gasteiger partial charge >= 0.3 is 21.1 Å². The molecule has 13 heterocycles. The van der Waals surface area contributed by atoms with Crippen molar-refractivity contribution >= 4 is 98.8 Å². The number of rotatable bonds is 13. The fourth-order valence-corrected chi connectivity index (χ4v) is 12.6. The Bertz CT molecular complexity index is 3290. The smallest absolute Gasteiger partial charge is 0.405 e. The van der Waals surface area contributed by atoms with E-state index in [9.17, 15) is 20.2 Å². The van der Waals surface area contributed by atoms with Gasteiger partial charge < -0.3 is 82.3 Å². The summed E-state index contributed by atoms with van der Waals surface area (Å²) in [7, 11) is 8.95. The van der Waals surface area contributed by atoms with Crippen molar-refractivity contribution in [1.29, 1.82) is 0 Å². The van der Waals surface area contributed by atoms with Crippen molar-refractivity contribution in [3.63, 3.8) is 0 Å². The number of hydrogen-bond donors (Lipinski definition) is 2. The van der Waals surface area contributed by atoms with Gasteiger partial charge in [0.25, 0.3) is 11.4 Å². The fourth-order valence-electron chi connectivity index (χ4n) is 12.1. The van der Waals surface area contributed by atoms with Crippen LogP contribution in [0.3, 0.4) is 0 Å². The molecular weight excluding hydrogens is 1490 g/mol. The molecule has 8 fully saturated rings. The molecule has 28 nitrogen and oxygen atoms in total. The first kappa shape index (κ1) is 87.5. The number of halogens is 2. The lowest BCUT2D eigenvalue weighted by Crippen LogP contribution is -2.41. The van der Waals surface area contributed by atoms with Gasteiger partial charge in [-0.15, -0.1) is 0 Å². The van der Waals surface area contributed by atoms with Crippen molar-refractivity contribution in [3.05, 3.63) is 121 Å². The summed E-state index contributed by atoms with van der Waals surface area (Å²) in [6, 6.07) is 20.8. The molecule has 8 saturated heterocycles. The lowest BCUT2D eigenvalue weighted by molar-refractivity contribution is -0.385. The molecule has 0 radical (unpaired) electrons. The van der Waals surface area contributed by atoms with Crippen LogP contribution >= 0.6 is 31.9 Å². The van der Waals surface area contributed by atoms with Crippen LogP contribution in [0.4, 0.5) is 40.3 Å². The molecule has 0 unspecified atom stereocenters. The number of pyridine rings is 5. The van der Waals surface area contributed by atoms with Crippen molar-refractivity contribution in [3.8, 4) is 0 Å². The Morgan fingerprint density at radius 1 is 0.425 bits per heavy atom. The number of aromatic nitrogens is 5. The third kappa shape index (κ3) is 25.4. The molecule has 586 valence electrons. The minimum absolute atomic E-state index is 0. The molecule has 0 saturated carbocycles. The molecule has 0 atom stereocenters. The summed E-state index contributed by atoms with van der Waals surface area (Å²) < 4.78 is 64.2. The average Bonchev–Trinajstić information content (AvgIpc) is 1.60. The van der Waals surface area contributed by atoms with Gasteiger partial charge in [-0.3, -0.25) is 20.2 Å². The van der Waals surface area contributed by atoms with E-state index in [1.165, 1.54) is 43.4 Å². The number of nitro groups is 2. The first-order chi connectivity index (χ1) is 50.0. The summed E-state index contributed by atoms with van der Waals surface area (Å²) in [6.07, 6.45) is 18.6. The maximum absolute atomic E-state index is 10.5. The monoisotopic (exact) mass is 1610 g/mol. The number of nitrogens with one attached hydrogen (secondary N) is 1. The van der Waals surface area contributed by atoms with Crippen molar-refractivity contribution in [2.75, 3.05) is 127 Å². The van der Waals surface area contributed by atoms with E-state index in [1.54, 1.807) is 12.3 Å². The van der Waals surface area contributed by atoms with Crippen LogP contribution in [0.1, 0.15) is 149 Å². The zero-order valence-electron chi connectivity index (χ0n) is 65.3. The van der Waals surface area contributed by atoms with E-state index >= 15 is 0 Å². The molecule has 5 aromatic heterocycles. The topological polar surface area (TPSA) is 303 Å². The minimum atomic E-state index is -0.487. The maximum Gasteiger partial charge on any atom is 0.496 e. The highest BCUT2D eigenvalue weighted by atomic mass is 79.9. The lowest BCUT2D eigenvalue weighted by Gasteiger charge is -2.32. The number of ether oxygens (including phenoxy) is 5. The van der Waals surface area contributed by atoms with Gasteiger partial charge in [0, 0.05) is 160 Å². The summed E-state index contributed by atoms with van der Waals surface area (Å²) in [5.74, 6) is 3.76. The SMILES string of the molecule is CC1(C)OB(B2OC(C)(C)C(C)(C)O2)OC1(C)C.CN(c1ccc(B2OC(C)(C)C(C)(C)O2)cn1)C1CCOCC1.CN(c1ccc(Br)cn1)C1CCOCC1.CN(c1ccc(N)cn1)C1CCOCC1.CN(c1ccc([N+](=O)[O-])cn1)C1CCOCC1.CNC1CCOCC1.O=[N+]([O-])c1ccc(Br)nc1.[HH]. The lowest BCUT2D eigenvalue weighted by atomic mass is 9.49. The van der Waals surface area contributed by atoms with Crippen molar-refractivity contribution in [1.82, 2.24) is 30.2 Å². The van der Waals surface area contributed by atoms with Gasteiger partial charge in [-0.25, -0.2) is 24.9 Å². The van der Waals surface area contributed by atoms with E-state index in [1.807, 2.05) is 106 Å². The van der Waals surface area contributed by atoms with E-state index in [0.717, 1.165) is 151 Å². The van der Waals surface area contributed by atoms with Gasteiger partial charge in [-0.1, -0.05) is 6.07 Å². The first-order valence-corrected chi connectivity index (χ1v) is 38.3. The molecular formula is C73H116B3Br2N13O15. The molecule has 106 heavy (non-hydrogen) atoms. The van der Waals surface area contributed by atoms with E-state index in [2.05, 4.69) is 143 Å². The van der Waals surface area contributed by atoms with Crippen LogP contribution in [0, 0.1) is 20.2 Å². The third-order valence-corrected chi connectivity index (χ3v) is 22.4. The molecule has 0 spiro atoms. The quantitative estimate of drug-likeness (QED) is 0.0479. The first-order valence-electron chi connectivity index (χ1n) is 36.7. The Labute approximate surface area is 647 Å². The summed E-state index contributed by atoms with van der Waals surface area (Å²) in [4.78, 5) is 49.5. The highest BCUT2D eigenvalue weighted by Crippen LogP contribution is 2.43. The summed E-state index contributed by atoms with van der Waals surface area (Å²) in [5.41, 5.74) is 5.21. The second kappa shape index (κ2) is 40.2. The van der Waals surface area contributed by atoms with Gasteiger partial charge in [0.05, 0.1) is 55.3 Å². The van der Waals surface area contributed by atoms with E-state index in [-0.39, 0.29) is 53.5 Å². The van der Waals surface area contributed by atoms with Crippen LogP contribution in [0.2, 0.25) is 0 Å². The van der Waals surface area contributed by atoms with E-state index in [0.29, 0.717) is 40.5 Å². The van der Waals surface area contributed by atoms with Gasteiger partial charge in [0.1, 0.15) is 40.3 Å². The largest absolute Gasteiger partial charge is 0.496 e. The molecule has 0 bridgehead atoms. The van der Waals surface area contributed by atoms with Crippen molar-refractivity contribution in [2.24, 2.45) is 0 Å². The highest BCUT2D eigenvalue weighted by Gasteiger charge is 2.64. The second-order valence-electron chi connectivity index (χ2n) is 30.3. The zero-order chi connectivity index (χ0) is 77.6. The van der Waals surface area contributed by atoms with Crippen LogP contribution in [0.15, 0.2) is 101 Å². The standard InChI is InChI=1S/C17H27BN2O3.C12H24B2O4.C11H15BrN2O.C11H15N3O3.C11H17N3O.C6H13NO.C5H3BrN2O2.H2/c1-16(2)17(3,4)23-18(22-16)13-6-7-15(19-12-13)20(5)14-8-10-21-11-9-14;1-9(2)10(3,4)16-13(15-9)14-17-11(5,6)12(7,8)18-14;1-14(10-4-6-15-7-5-10)11-3-2-9(12)8-13-11;1-13(9-4-6-17-7-5-9)11-3-2-10(8-12-11)14(15)16;1-14(10-4-6-15-7-5-10)11-3-2-9(12)8-13-11;1-7-6-2-4-8-5-3-6;6-5-2-1-4(3-7-5)8(9)10;/h6-7,12,14H,8-11H2,1-5H3;1-8H3;2-3,8,10H,4-7H2,1H3;2-3,8-9H,4-7H2,1H3;2-3,8,10H,4-7,12H2,1H3;6-7H,2-5H2,1H3;1-3H;1H. The predicted molar refractivity (Wildman–Crippen MR) is 426 cm³/mol. The minimum Gasteiger partial charge on any atom is -0.405 e. The van der Waals surface area contributed by atoms with Gasteiger partial charge in [0.2, 0.25) is 0 Å². The van der Waals surface area contributed by atoms with Crippen LogP contribution in [0.5, 0.6) is 0 Å². The number of nitrogens with two attached hydrogens (primary N) is 1. The summed E-state index contributed by atoms with van der Waals surface area (Å²) >= 11 is 6.45. The van der Waals surface area contributed by atoms with Crippen LogP contribution < -0.4 is 36.1 Å². The van der Waals surface area contributed by atoms with Gasteiger partial charge in [0.15, 0.2) is 0 Å². The number of anilines is 5. The molecule has 8 aliphatic rings. The van der Waals surface area contributed by atoms with Gasteiger partial charge in [-0.2, -0.15) is 0 Å². The molecule has 0 aliphatic carbocycles. The molecule has 3 N–H and O–H groups in total. The second-order valence-corrected chi connectivity index (χ2v) is 32.0. The number of nitrogen functional groups attached to an aromatic ring is 1. The van der Waals surface area contributed by atoms with Crippen LogP contribution in [-0.4, -0.2) is 221 Å². The fraction of sp³-hybridized carbons (Fsp3) is 0.658. The Morgan fingerprint density at radius 3 is 1.00 bits per heavy atom. The van der Waals surface area contributed by atoms with Crippen molar-refractivity contribution in [2.45, 2.75) is 211 Å². The van der Waals surface area contributed by atoms with Crippen LogP contribution in [-0.2, 0) is 51.6 Å². The average molecular weight is 1610 g/mol. The Balaban J connectivity index is 0.000000199. The summed E-state index contributed by atoms with van der Waals surface area (Å²) in [5, 5.41) is 23.8. The van der Waals surface area contributed by atoms with Gasteiger partial charge in [-0.05, 0) is 229 Å². The van der Waals surface area contributed by atoms with E-state index in [4.69, 9.17) is 57.3 Å². The van der Waals surface area contributed by atoms with E-state index < -0.39 is 23.9 Å². The number of hydrogen-bond acceptors (Lipinski definition) is 26. The normalized spacial score (nSPS) is 21.0. The molecule has 0 aromatic carbocycles. The zero-order valence-corrected chi connectivity index (χ0v) is 68.5. The molecule has 0 amide bonds. The Hall–Kier alpha value is -5.78. The Kier molecular flexibility index (Phi) is 33.2. The molecule has 5 aromatic rings.